The molecule has 1 aromatic carbocycles. The zero-order chi connectivity index (χ0) is 17.2. The number of piperazine rings is 1. The van der Waals surface area contributed by atoms with Crippen LogP contribution >= 0.6 is 0 Å². The summed E-state index contributed by atoms with van der Waals surface area (Å²) in [7, 11) is 0. The van der Waals surface area contributed by atoms with Crippen LogP contribution in [0, 0.1) is 0 Å². The summed E-state index contributed by atoms with van der Waals surface area (Å²) in [6.07, 6.45) is -0.286. The smallest absolute Gasteiger partial charge is 0.410 e. The molecule has 0 aliphatic carbocycles. The van der Waals surface area contributed by atoms with Gasteiger partial charge in [0.1, 0.15) is 5.60 Å². The van der Waals surface area contributed by atoms with Crippen LogP contribution in [0.5, 0.6) is 0 Å². The first-order valence-electron chi connectivity index (χ1n) is 7.75. The van der Waals surface area contributed by atoms with Crippen molar-refractivity contribution < 1.29 is 19.4 Å². The fourth-order valence-corrected chi connectivity index (χ4v) is 2.60. The molecule has 0 saturated carbocycles. The van der Waals surface area contributed by atoms with Crippen LogP contribution in [0.4, 0.5) is 10.5 Å². The van der Waals surface area contributed by atoms with E-state index in [-0.39, 0.29) is 17.7 Å². The fourth-order valence-electron chi connectivity index (χ4n) is 2.60. The molecular weight excluding hydrogens is 296 g/mol. The molecule has 6 heteroatoms. The number of carboxylic acid groups (broad SMARTS) is 1. The van der Waals surface area contributed by atoms with Crippen LogP contribution in [0.1, 0.15) is 38.1 Å². The van der Waals surface area contributed by atoms with E-state index in [2.05, 4.69) is 4.90 Å². The molecule has 1 amide bonds. The topological polar surface area (TPSA) is 70.1 Å². The lowest BCUT2D eigenvalue weighted by molar-refractivity contribution is 0.0159. The van der Waals surface area contributed by atoms with Gasteiger partial charge in [0.2, 0.25) is 0 Å². The Hall–Kier alpha value is -2.24. The minimum atomic E-state index is -0.931. The molecule has 0 aromatic heterocycles. The number of carbonyl (C=O) groups is 2. The second kappa shape index (κ2) is 6.48. The molecule has 6 nitrogen and oxygen atoms in total. The second-order valence-electron chi connectivity index (χ2n) is 6.82. The van der Waals surface area contributed by atoms with Crippen LogP contribution in [0.2, 0.25) is 0 Å². The van der Waals surface area contributed by atoms with Crippen molar-refractivity contribution >= 4 is 17.7 Å². The van der Waals surface area contributed by atoms with Gasteiger partial charge in [-0.25, -0.2) is 9.59 Å². The van der Waals surface area contributed by atoms with Gasteiger partial charge in [-0.1, -0.05) is 0 Å². The van der Waals surface area contributed by atoms with Gasteiger partial charge in [0.05, 0.1) is 5.56 Å². The first-order chi connectivity index (χ1) is 10.7. The van der Waals surface area contributed by atoms with E-state index in [4.69, 9.17) is 9.84 Å². The van der Waals surface area contributed by atoms with E-state index < -0.39 is 11.6 Å². The number of amides is 1. The fraction of sp³-hybridized carbons (Fsp3) is 0.529. The summed E-state index contributed by atoms with van der Waals surface area (Å²) >= 11 is 0. The molecule has 0 unspecified atom stereocenters. The zero-order valence-electron chi connectivity index (χ0n) is 14.1. The van der Waals surface area contributed by atoms with Crippen LogP contribution < -0.4 is 4.90 Å². The summed E-state index contributed by atoms with van der Waals surface area (Å²) in [5.74, 6) is -0.931. The van der Waals surface area contributed by atoms with Gasteiger partial charge >= 0.3 is 12.1 Å². The molecule has 0 bridgehead atoms. The number of ether oxygens (including phenoxy) is 1. The molecule has 0 spiro atoms. The predicted molar refractivity (Wildman–Crippen MR) is 88.0 cm³/mol. The van der Waals surface area contributed by atoms with Crippen LogP contribution in [0.15, 0.2) is 24.3 Å². The van der Waals surface area contributed by atoms with Crippen molar-refractivity contribution in [3.63, 3.8) is 0 Å². The van der Waals surface area contributed by atoms with E-state index in [0.717, 1.165) is 5.69 Å². The van der Waals surface area contributed by atoms with E-state index in [0.29, 0.717) is 19.6 Å². The van der Waals surface area contributed by atoms with Crippen molar-refractivity contribution in [1.82, 2.24) is 4.90 Å². The van der Waals surface area contributed by atoms with Crippen LogP contribution in [0.3, 0.4) is 0 Å². The summed E-state index contributed by atoms with van der Waals surface area (Å²) in [5.41, 5.74) is 0.737. The average Bonchev–Trinajstić information content (AvgIpc) is 2.45. The molecular formula is C17H24N2O4. The van der Waals surface area contributed by atoms with Gasteiger partial charge < -0.3 is 19.6 Å². The lowest BCUT2D eigenvalue weighted by Crippen LogP contribution is -2.55. The van der Waals surface area contributed by atoms with Gasteiger partial charge in [0, 0.05) is 31.4 Å². The zero-order valence-corrected chi connectivity index (χ0v) is 14.1. The Labute approximate surface area is 136 Å². The molecule has 0 radical (unpaired) electrons. The minimum Gasteiger partial charge on any atom is -0.478 e. The van der Waals surface area contributed by atoms with E-state index in [1.165, 1.54) is 0 Å². The van der Waals surface area contributed by atoms with Gasteiger partial charge in [-0.15, -0.1) is 0 Å². The van der Waals surface area contributed by atoms with Crippen LogP contribution in [-0.4, -0.2) is 53.3 Å². The Morgan fingerprint density at radius 1 is 1.17 bits per heavy atom. The van der Waals surface area contributed by atoms with E-state index in [9.17, 15) is 9.59 Å². The molecule has 2 rings (SSSR count). The van der Waals surface area contributed by atoms with E-state index in [1.54, 1.807) is 29.2 Å². The largest absolute Gasteiger partial charge is 0.478 e. The van der Waals surface area contributed by atoms with Gasteiger partial charge in [-0.05, 0) is 52.0 Å². The Bertz CT molecular complexity index is 577. The highest BCUT2D eigenvalue weighted by Crippen LogP contribution is 2.21. The molecule has 1 aliphatic rings. The highest BCUT2D eigenvalue weighted by molar-refractivity contribution is 5.88. The molecule has 126 valence electrons. The Morgan fingerprint density at radius 3 is 2.26 bits per heavy atom. The Balaban J connectivity index is 2.00. The van der Waals surface area contributed by atoms with Crippen molar-refractivity contribution in [1.29, 1.82) is 0 Å². The van der Waals surface area contributed by atoms with Gasteiger partial charge in [-0.3, -0.25) is 0 Å². The number of nitrogens with zero attached hydrogens (tertiary/aromatic N) is 2. The number of benzene rings is 1. The quantitative estimate of drug-likeness (QED) is 0.907. The van der Waals surface area contributed by atoms with Crippen molar-refractivity contribution in [2.24, 2.45) is 0 Å². The lowest BCUT2D eigenvalue weighted by Gasteiger charge is -2.41. The number of hydrogen-bond donors (Lipinski definition) is 1. The molecule has 1 aliphatic heterocycles. The summed E-state index contributed by atoms with van der Waals surface area (Å²) in [6.45, 7) is 9.52. The number of carboxylic acids is 1. The van der Waals surface area contributed by atoms with Gasteiger partial charge in [0.15, 0.2) is 0 Å². The number of anilines is 1. The van der Waals surface area contributed by atoms with Crippen molar-refractivity contribution in [2.75, 3.05) is 24.5 Å². The third-order valence-electron chi connectivity index (χ3n) is 3.73. The van der Waals surface area contributed by atoms with E-state index >= 15 is 0 Å². The number of aromatic carboxylic acids is 1. The maximum absolute atomic E-state index is 12.2. The maximum atomic E-state index is 12.2. The molecule has 1 heterocycles. The number of hydrogen-bond acceptors (Lipinski definition) is 4. The molecule has 1 atom stereocenters. The van der Waals surface area contributed by atoms with Gasteiger partial charge in [-0.2, -0.15) is 0 Å². The maximum Gasteiger partial charge on any atom is 0.410 e. The molecule has 1 aromatic rings. The van der Waals surface area contributed by atoms with Crippen molar-refractivity contribution in [3.05, 3.63) is 29.8 Å². The first kappa shape index (κ1) is 17.1. The van der Waals surface area contributed by atoms with Crippen molar-refractivity contribution in [3.8, 4) is 0 Å². The monoisotopic (exact) mass is 320 g/mol. The van der Waals surface area contributed by atoms with E-state index in [1.807, 2.05) is 27.7 Å². The molecule has 1 N–H and O–H groups in total. The minimum absolute atomic E-state index is 0.0257. The first-order valence-corrected chi connectivity index (χ1v) is 7.75. The number of rotatable bonds is 2. The third-order valence-corrected chi connectivity index (χ3v) is 3.73. The Morgan fingerprint density at radius 2 is 1.78 bits per heavy atom. The summed E-state index contributed by atoms with van der Waals surface area (Å²) in [6, 6.07) is 6.83. The van der Waals surface area contributed by atoms with Crippen LogP contribution in [0.25, 0.3) is 0 Å². The third kappa shape index (κ3) is 4.37. The predicted octanol–water partition coefficient (Wildman–Crippen LogP) is 2.83. The average molecular weight is 320 g/mol. The molecule has 1 fully saturated rings. The number of carbonyl (C=O) groups excluding carboxylic acids is 1. The SMILES string of the molecule is C[C@H]1CN(c2ccc(C(=O)O)cc2)CCN1C(=O)OC(C)(C)C. The van der Waals surface area contributed by atoms with Crippen LogP contribution in [-0.2, 0) is 4.74 Å². The standard InChI is InChI=1S/C17H24N2O4/c1-12-11-18(14-7-5-13(6-8-14)15(20)21)9-10-19(12)16(22)23-17(2,3)4/h5-8,12H,9-11H2,1-4H3,(H,20,21)/t12-/m0/s1. The van der Waals surface area contributed by atoms with Gasteiger partial charge in [0.25, 0.3) is 0 Å². The normalized spacial score (nSPS) is 18.7. The lowest BCUT2D eigenvalue weighted by atomic mass is 10.1. The summed E-state index contributed by atoms with van der Waals surface area (Å²) in [4.78, 5) is 27.0. The highest BCUT2D eigenvalue weighted by Gasteiger charge is 2.30. The van der Waals surface area contributed by atoms with Crippen molar-refractivity contribution in [2.45, 2.75) is 39.3 Å². The summed E-state index contributed by atoms with van der Waals surface area (Å²) < 4.78 is 5.43. The molecule has 1 saturated heterocycles. The summed E-state index contributed by atoms with van der Waals surface area (Å²) in [5, 5.41) is 8.95. The Kier molecular flexibility index (Phi) is 4.82. The second-order valence-corrected chi connectivity index (χ2v) is 6.82. The molecule has 23 heavy (non-hydrogen) atoms. The highest BCUT2D eigenvalue weighted by atomic mass is 16.6.